The number of aryl methyl sites for hydroxylation is 1. The van der Waals surface area contributed by atoms with Gasteiger partial charge in [0.05, 0.1) is 16.6 Å². The highest BCUT2D eigenvalue weighted by Gasteiger charge is 2.16. The second-order valence-corrected chi connectivity index (χ2v) is 6.23. The van der Waals surface area contributed by atoms with Gasteiger partial charge in [0, 0.05) is 19.0 Å². The molecule has 4 rings (SSSR count). The number of hydrogen-bond donors (Lipinski definition) is 1. The van der Waals surface area contributed by atoms with Crippen LogP contribution in [-0.2, 0) is 17.8 Å². The van der Waals surface area contributed by atoms with Crippen molar-refractivity contribution in [2.24, 2.45) is 0 Å². The van der Waals surface area contributed by atoms with Gasteiger partial charge in [-0.05, 0) is 36.8 Å². The van der Waals surface area contributed by atoms with Gasteiger partial charge in [-0.1, -0.05) is 0 Å². The smallest absolute Gasteiger partial charge is 0.262 e. The first-order valence-corrected chi connectivity index (χ1v) is 8.42. The van der Waals surface area contributed by atoms with Crippen LogP contribution in [0.2, 0.25) is 0 Å². The Bertz CT molecular complexity index is 1110. The summed E-state index contributed by atoms with van der Waals surface area (Å²) in [6.45, 7) is 0.260. The lowest BCUT2D eigenvalue weighted by molar-refractivity contribution is -0.118. The van der Waals surface area contributed by atoms with Gasteiger partial charge in [0.25, 0.3) is 11.5 Å². The molecule has 1 N–H and O–H groups in total. The van der Waals surface area contributed by atoms with E-state index in [-0.39, 0.29) is 17.9 Å². The van der Waals surface area contributed by atoms with Crippen LogP contribution in [0.1, 0.15) is 12.2 Å². The standard InChI is InChI=1S/C19H15F2N3O3/c20-11-3-5-16(14(21)8-11)23-18(25)10-27-12-4-6-15-13(9-12)19(26)24-7-1-2-17(24)22-15/h3-6,8-9H,1-2,7,10H2,(H,23,25). The number of nitrogens with zero attached hydrogens (tertiary/aromatic N) is 2. The molecule has 1 aromatic heterocycles. The van der Waals surface area contributed by atoms with Crippen molar-refractivity contribution >= 4 is 22.5 Å². The summed E-state index contributed by atoms with van der Waals surface area (Å²) in [6.07, 6.45) is 1.67. The molecule has 2 aromatic carbocycles. The third-order valence-electron chi connectivity index (χ3n) is 4.36. The number of carbonyl (C=O) groups is 1. The molecule has 0 fully saturated rings. The van der Waals surface area contributed by atoms with Crippen LogP contribution in [-0.4, -0.2) is 22.1 Å². The van der Waals surface area contributed by atoms with Crippen LogP contribution in [0.15, 0.2) is 41.2 Å². The number of nitrogens with one attached hydrogen (secondary N) is 1. The highest BCUT2D eigenvalue weighted by Crippen LogP contribution is 2.20. The minimum atomic E-state index is -0.873. The average Bonchev–Trinajstić information content (AvgIpc) is 3.11. The number of carbonyl (C=O) groups excluding carboxylic acids is 1. The lowest BCUT2D eigenvalue weighted by Gasteiger charge is -2.10. The normalized spacial score (nSPS) is 12.8. The first kappa shape index (κ1) is 17.1. The van der Waals surface area contributed by atoms with Gasteiger partial charge < -0.3 is 10.1 Å². The summed E-state index contributed by atoms with van der Waals surface area (Å²) in [5, 5.41) is 2.73. The molecule has 0 radical (unpaired) electrons. The molecule has 0 saturated heterocycles. The van der Waals surface area contributed by atoms with Crippen molar-refractivity contribution in [2.45, 2.75) is 19.4 Å². The quantitative estimate of drug-likeness (QED) is 0.765. The molecule has 0 atom stereocenters. The van der Waals surface area contributed by atoms with E-state index in [4.69, 9.17) is 4.74 Å². The third-order valence-corrected chi connectivity index (χ3v) is 4.36. The number of rotatable bonds is 4. The molecule has 1 aliphatic heterocycles. The van der Waals surface area contributed by atoms with Gasteiger partial charge in [0.15, 0.2) is 6.61 Å². The van der Waals surface area contributed by atoms with Crippen molar-refractivity contribution in [3.8, 4) is 5.75 Å². The molecule has 6 nitrogen and oxygen atoms in total. The largest absolute Gasteiger partial charge is 0.484 e. The Morgan fingerprint density at radius 2 is 2.07 bits per heavy atom. The van der Waals surface area contributed by atoms with Gasteiger partial charge in [-0.25, -0.2) is 13.8 Å². The zero-order valence-electron chi connectivity index (χ0n) is 14.2. The van der Waals surface area contributed by atoms with Gasteiger partial charge in [-0.3, -0.25) is 14.2 Å². The summed E-state index contributed by atoms with van der Waals surface area (Å²) in [7, 11) is 0. The lowest BCUT2D eigenvalue weighted by Crippen LogP contribution is -2.22. The van der Waals surface area contributed by atoms with E-state index in [2.05, 4.69) is 10.3 Å². The summed E-state index contributed by atoms with van der Waals surface area (Å²) in [4.78, 5) is 28.9. The molecule has 3 aromatic rings. The lowest BCUT2D eigenvalue weighted by atomic mass is 10.2. The van der Waals surface area contributed by atoms with Crippen molar-refractivity contribution in [2.75, 3.05) is 11.9 Å². The molecule has 27 heavy (non-hydrogen) atoms. The van der Waals surface area contributed by atoms with Crippen molar-refractivity contribution in [1.82, 2.24) is 9.55 Å². The van der Waals surface area contributed by atoms with Crippen LogP contribution in [0.25, 0.3) is 10.9 Å². The Kier molecular flexibility index (Phi) is 4.31. The van der Waals surface area contributed by atoms with Crippen LogP contribution in [0, 0.1) is 11.6 Å². The zero-order valence-corrected chi connectivity index (χ0v) is 14.2. The van der Waals surface area contributed by atoms with E-state index in [1.807, 2.05) is 0 Å². The molecule has 8 heteroatoms. The Labute approximate surface area is 152 Å². The maximum atomic E-state index is 13.6. The maximum Gasteiger partial charge on any atom is 0.262 e. The van der Waals surface area contributed by atoms with Crippen LogP contribution in [0.4, 0.5) is 14.5 Å². The number of hydrogen-bond acceptors (Lipinski definition) is 4. The summed E-state index contributed by atoms with van der Waals surface area (Å²) in [5.41, 5.74) is 0.315. The van der Waals surface area contributed by atoms with Gasteiger partial charge in [-0.15, -0.1) is 0 Å². The van der Waals surface area contributed by atoms with E-state index in [0.29, 0.717) is 29.3 Å². The molecule has 1 amide bonds. The number of fused-ring (bicyclic) bond motifs is 2. The molecular formula is C19H15F2N3O3. The SMILES string of the molecule is O=C(COc1ccc2nc3n(c(=O)c2c1)CCC3)Nc1ccc(F)cc1F. The van der Waals surface area contributed by atoms with Crippen LogP contribution < -0.4 is 15.6 Å². The number of benzene rings is 2. The molecule has 2 heterocycles. The molecule has 0 unspecified atom stereocenters. The van der Waals surface area contributed by atoms with E-state index in [9.17, 15) is 18.4 Å². The van der Waals surface area contributed by atoms with Gasteiger partial charge in [0.1, 0.15) is 23.2 Å². The molecule has 0 aliphatic carbocycles. The van der Waals surface area contributed by atoms with Crippen molar-refractivity contribution in [1.29, 1.82) is 0 Å². The fourth-order valence-corrected chi connectivity index (χ4v) is 3.08. The number of ether oxygens (including phenoxy) is 1. The summed E-state index contributed by atoms with van der Waals surface area (Å²) >= 11 is 0. The minimum absolute atomic E-state index is 0.129. The molecule has 0 spiro atoms. The first-order chi connectivity index (χ1) is 13.0. The Morgan fingerprint density at radius 3 is 2.89 bits per heavy atom. The van der Waals surface area contributed by atoms with E-state index in [1.165, 1.54) is 0 Å². The van der Waals surface area contributed by atoms with E-state index in [0.717, 1.165) is 30.8 Å². The Hall–Kier alpha value is -3.29. The van der Waals surface area contributed by atoms with Gasteiger partial charge >= 0.3 is 0 Å². The number of aromatic nitrogens is 2. The summed E-state index contributed by atoms with van der Waals surface area (Å²) < 4.78 is 33.5. The maximum absolute atomic E-state index is 13.6. The van der Waals surface area contributed by atoms with Crippen molar-refractivity contribution in [3.05, 3.63) is 64.2 Å². The highest BCUT2D eigenvalue weighted by atomic mass is 19.1. The topological polar surface area (TPSA) is 73.2 Å². The Morgan fingerprint density at radius 1 is 1.22 bits per heavy atom. The molecule has 0 bridgehead atoms. The zero-order chi connectivity index (χ0) is 19.0. The molecular weight excluding hydrogens is 356 g/mol. The van der Waals surface area contributed by atoms with Crippen LogP contribution in [0.3, 0.4) is 0 Å². The van der Waals surface area contributed by atoms with E-state index in [1.54, 1.807) is 22.8 Å². The van der Waals surface area contributed by atoms with Gasteiger partial charge in [-0.2, -0.15) is 0 Å². The fraction of sp³-hybridized carbons (Fsp3) is 0.211. The predicted octanol–water partition coefficient (Wildman–Crippen LogP) is 2.64. The van der Waals surface area contributed by atoms with E-state index < -0.39 is 17.5 Å². The highest BCUT2D eigenvalue weighted by molar-refractivity contribution is 5.92. The molecule has 138 valence electrons. The number of amides is 1. The van der Waals surface area contributed by atoms with Crippen molar-refractivity contribution in [3.63, 3.8) is 0 Å². The summed E-state index contributed by atoms with van der Waals surface area (Å²) in [6, 6.07) is 7.68. The molecule has 0 saturated carbocycles. The fourth-order valence-electron chi connectivity index (χ4n) is 3.08. The molecule has 1 aliphatic rings. The van der Waals surface area contributed by atoms with E-state index >= 15 is 0 Å². The van der Waals surface area contributed by atoms with Gasteiger partial charge in [0.2, 0.25) is 0 Å². The van der Waals surface area contributed by atoms with Crippen LogP contribution >= 0.6 is 0 Å². The number of anilines is 1. The number of halogens is 2. The minimum Gasteiger partial charge on any atom is -0.484 e. The monoisotopic (exact) mass is 371 g/mol. The second kappa shape index (κ2) is 6.79. The second-order valence-electron chi connectivity index (χ2n) is 6.23. The summed E-state index contributed by atoms with van der Waals surface area (Å²) in [5.74, 6) is -1.10. The third kappa shape index (κ3) is 3.38. The van der Waals surface area contributed by atoms with Crippen LogP contribution in [0.5, 0.6) is 5.75 Å². The Balaban J connectivity index is 1.49. The van der Waals surface area contributed by atoms with Crippen molar-refractivity contribution < 1.29 is 18.3 Å². The predicted molar refractivity (Wildman–Crippen MR) is 94.8 cm³/mol. The first-order valence-electron chi connectivity index (χ1n) is 8.42. The average molecular weight is 371 g/mol.